The van der Waals surface area contributed by atoms with Gasteiger partial charge in [0.2, 0.25) is 5.84 Å². The number of hydrogen-bond donors (Lipinski definition) is 2. The molecule has 6 nitrogen and oxygen atoms in total. The van der Waals surface area contributed by atoms with Crippen LogP contribution >= 0.6 is 23.4 Å². The molecule has 0 aromatic heterocycles. The minimum absolute atomic E-state index is 0.0663. The van der Waals surface area contributed by atoms with Crippen molar-refractivity contribution in [3.05, 3.63) is 59.1 Å². The van der Waals surface area contributed by atoms with Gasteiger partial charge in [-0.25, -0.2) is 5.01 Å². The van der Waals surface area contributed by atoms with Crippen molar-refractivity contribution in [1.82, 2.24) is 10.7 Å². The predicted molar refractivity (Wildman–Crippen MR) is 109 cm³/mol. The van der Waals surface area contributed by atoms with Crippen molar-refractivity contribution in [2.45, 2.75) is 11.8 Å². The van der Waals surface area contributed by atoms with E-state index in [9.17, 15) is 9.59 Å². The Labute approximate surface area is 167 Å². The molecule has 0 bridgehead atoms. The van der Waals surface area contributed by atoms with Crippen LogP contribution in [0, 0.1) is 6.92 Å². The lowest BCUT2D eigenvalue weighted by Gasteiger charge is -2.27. The molecule has 0 radical (unpaired) electrons. The van der Waals surface area contributed by atoms with Crippen LogP contribution in [-0.4, -0.2) is 36.5 Å². The number of aryl methyl sites for hydroxylation is 1. The van der Waals surface area contributed by atoms with Crippen molar-refractivity contribution < 1.29 is 9.59 Å². The van der Waals surface area contributed by atoms with Gasteiger partial charge in [0.1, 0.15) is 6.54 Å². The maximum Gasteiger partial charge on any atom is 0.288 e. The van der Waals surface area contributed by atoms with Gasteiger partial charge in [0.15, 0.2) is 0 Å². The Morgan fingerprint density at radius 2 is 1.93 bits per heavy atom. The van der Waals surface area contributed by atoms with Gasteiger partial charge in [-0.3, -0.25) is 20.0 Å². The molecule has 0 saturated carbocycles. The summed E-state index contributed by atoms with van der Waals surface area (Å²) in [5.74, 6) is 0.290. The minimum atomic E-state index is -0.337. The third kappa shape index (κ3) is 5.24. The summed E-state index contributed by atoms with van der Waals surface area (Å²) in [7, 11) is 0. The number of halogens is 1. The molecule has 0 atom stereocenters. The van der Waals surface area contributed by atoms with Crippen molar-refractivity contribution in [2.75, 3.05) is 23.9 Å². The number of carbonyl (C=O) groups excluding carboxylic acids is 2. The van der Waals surface area contributed by atoms with Gasteiger partial charge in [-0.2, -0.15) is 0 Å². The highest BCUT2D eigenvalue weighted by molar-refractivity contribution is 7.99. The summed E-state index contributed by atoms with van der Waals surface area (Å²) in [5.41, 5.74) is 4.57. The number of aliphatic imine (C=N–C) groups is 1. The molecular formula is C19H19ClN4O2S. The zero-order chi connectivity index (χ0) is 19.2. The maximum absolute atomic E-state index is 12.3. The highest BCUT2D eigenvalue weighted by Gasteiger charge is 2.25. The predicted octanol–water partition coefficient (Wildman–Crippen LogP) is 2.81. The van der Waals surface area contributed by atoms with Gasteiger partial charge < -0.3 is 5.32 Å². The molecule has 2 amide bonds. The van der Waals surface area contributed by atoms with Crippen molar-refractivity contribution >= 4 is 46.7 Å². The standard InChI is InChI=1S/C19H19ClN4O2S/c1-13-2-6-15(7-3-13)24-17(25)12-22-18(23-24)19(26)21-10-11-27-16-8-4-14(20)5-9-16/h2-9H,10-12H2,1H3,(H,21,26)(H,22,23). The largest absolute Gasteiger partial charge is 0.349 e. The highest BCUT2D eigenvalue weighted by Crippen LogP contribution is 2.19. The summed E-state index contributed by atoms with van der Waals surface area (Å²) in [6.45, 7) is 2.38. The van der Waals surface area contributed by atoms with E-state index in [0.717, 1.165) is 10.5 Å². The summed E-state index contributed by atoms with van der Waals surface area (Å²) < 4.78 is 0. The molecule has 140 valence electrons. The van der Waals surface area contributed by atoms with Crippen LogP contribution in [0.5, 0.6) is 0 Å². The fourth-order valence-corrected chi connectivity index (χ4v) is 3.29. The van der Waals surface area contributed by atoms with E-state index >= 15 is 0 Å². The Bertz CT molecular complexity index is 853. The first-order valence-corrected chi connectivity index (χ1v) is 9.76. The van der Waals surface area contributed by atoms with Crippen LogP contribution in [0.3, 0.4) is 0 Å². The molecule has 1 heterocycles. The molecule has 2 aromatic rings. The minimum Gasteiger partial charge on any atom is -0.349 e. The summed E-state index contributed by atoms with van der Waals surface area (Å²) in [5, 5.41) is 4.86. The lowest BCUT2D eigenvalue weighted by Crippen LogP contribution is -2.55. The second-order valence-electron chi connectivity index (χ2n) is 5.90. The zero-order valence-electron chi connectivity index (χ0n) is 14.7. The van der Waals surface area contributed by atoms with E-state index in [1.807, 2.05) is 55.5 Å². The third-order valence-electron chi connectivity index (χ3n) is 3.82. The number of nitrogens with zero attached hydrogens (tertiary/aromatic N) is 2. The number of amidine groups is 1. The van der Waals surface area contributed by atoms with Gasteiger partial charge in [0.25, 0.3) is 11.8 Å². The van der Waals surface area contributed by atoms with Gasteiger partial charge in [-0.15, -0.1) is 11.8 Å². The van der Waals surface area contributed by atoms with Crippen LogP contribution in [0.1, 0.15) is 5.56 Å². The summed E-state index contributed by atoms with van der Waals surface area (Å²) in [4.78, 5) is 29.5. The van der Waals surface area contributed by atoms with E-state index in [1.54, 1.807) is 11.8 Å². The molecule has 0 fully saturated rings. The van der Waals surface area contributed by atoms with Crippen LogP contribution in [0.2, 0.25) is 5.02 Å². The molecule has 1 aliphatic heterocycles. The number of thioether (sulfide) groups is 1. The molecule has 27 heavy (non-hydrogen) atoms. The molecule has 8 heteroatoms. The van der Waals surface area contributed by atoms with E-state index in [2.05, 4.69) is 15.7 Å². The van der Waals surface area contributed by atoms with E-state index in [0.29, 0.717) is 23.0 Å². The normalized spacial score (nSPS) is 13.8. The molecule has 1 aliphatic rings. The number of hydrogen-bond acceptors (Lipinski definition) is 5. The van der Waals surface area contributed by atoms with Crippen LogP contribution < -0.4 is 15.8 Å². The zero-order valence-corrected chi connectivity index (χ0v) is 16.3. The fraction of sp³-hybridized carbons (Fsp3) is 0.211. The number of amides is 2. The molecule has 2 N–H and O–H groups in total. The van der Waals surface area contributed by atoms with Crippen molar-refractivity contribution in [3.8, 4) is 0 Å². The first-order chi connectivity index (χ1) is 13.0. The Hall–Kier alpha value is -2.51. The van der Waals surface area contributed by atoms with Gasteiger partial charge in [0.05, 0.1) is 5.69 Å². The maximum atomic E-state index is 12.3. The second kappa shape index (κ2) is 8.92. The number of hydrazine groups is 1. The SMILES string of the molecule is Cc1ccc(N2NC(C(=O)NCCSc3ccc(Cl)cc3)=NCC2=O)cc1. The number of carbonyl (C=O) groups is 2. The van der Waals surface area contributed by atoms with Gasteiger partial charge >= 0.3 is 0 Å². The third-order valence-corrected chi connectivity index (χ3v) is 5.08. The summed E-state index contributed by atoms with van der Waals surface area (Å²) in [6, 6.07) is 15.0. The quantitative estimate of drug-likeness (QED) is 0.575. The highest BCUT2D eigenvalue weighted by atomic mass is 35.5. The monoisotopic (exact) mass is 402 g/mol. The van der Waals surface area contributed by atoms with Gasteiger partial charge in [0, 0.05) is 22.2 Å². The fourth-order valence-electron chi connectivity index (χ4n) is 2.39. The van der Waals surface area contributed by atoms with Crippen molar-refractivity contribution in [1.29, 1.82) is 0 Å². The van der Waals surface area contributed by atoms with Crippen LogP contribution in [0.25, 0.3) is 0 Å². The average Bonchev–Trinajstić information content (AvgIpc) is 2.67. The molecule has 0 unspecified atom stereocenters. The lowest BCUT2D eigenvalue weighted by molar-refractivity contribution is -0.118. The van der Waals surface area contributed by atoms with Crippen molar-refractivity contribution in [2.24, 2.45) is 4.99 Å². The lowest BCUT2D eigenvalue weighted by atomic mass is 10.2. The smallest absolute Gasteiger partial charge is 0.288 e. The van der Waals surface area contributed by atoms with Crippen LogP contribution in [0.4, 0.5) is 5.69 Å². The molecule has 3 rings (SSSR count). The van der Waals surface area contributed by atoms with Gasteiger partial charge in [-0.1, -0.05) is 29.3 Å². The summed E-state index contributed by atoms with van der Waals surface area (Å²) in [6.07, 6.45) is 0. The first-order valence-electron chi connectivity index (χ1n) is 8.40. The molecule has 0 saturated heterocycles. The second-order valence-corrected chi connectivity index (χ2v) is 7.50. The Morgan fingerprint density at radius 1 is 1.22 bits per heavy atom. The molecule has 0 spiro atoms. The Morgan fingerprint density at radius 3 is 2.63 bits per heavy atom. The molecular weight excluding hydrogens is 384 g/mol. The first kappa shape index (κ1) is 19.3. The molecule has 0 aliphatic carbocycles. The van der Waals surface area contributed by atoms with Gasteiger partial charge in [-0.05, 0) is 43.3 Å². The molecule has 2 aromatic carbocycles. The van der Waals surface area contributed by atoms with Crippen LogP contribution in [-0.2, 0) is 9.59 Å². The van der Waals surface area contributed by atoms with Crippen LogP contribution in [0.15, 0.2) is 58.4 Å². The van der Waals surface area contributed by atoms with E-state index < -0.39 is 0 Å². The topological polar surface area (TPSA) is 73.8 Å². The van der Waals surface area contributed by atoms with E-state index in [-0.39, 0.29) is 24.2 Å². The van der Waals surface area contributed by atoms with Crippen molar-refractivity contribution in [3.63, 3.8) is 0 Å². The Kier molecular flexibility index (Phi) is 6.36. The number of rotatable bonds is 6. The van der Waals surface area contributed by atoms with E-state index in [1.165, 1.54) is 5.01 Å². The number of benzene rings is 2. The number of anilines is 1. The van der Waals surface area contributed by atoms with E-state index in [4.69, 9.17) is 11.6 Å². The number of nitrogens with one attached hydrogen (secondary N) is 2. The average molecular weight is 403 g/mol. The Balaban J connectivity index is 1.51. The summed E-state index contributed by atoms with van der Waals surface area (Å²) >= 11 is 7.48.